The second-order valence-corrected chi connectivity index (χ2v) is 4.74. The third kappa shape index (κ3) is 2.82. The number of benzene rings is 1. The van der Waals surface area contributed by atoms with Crippen LogP contribution in [0.1, 0.15) is 26.5 Å². The summed E-state index contributed by atoms with van der Waals surface area (Å²) < 4.78 is 0. The van der Waals surface area contributed by atoms with Gasteiger partial charge in [-0.05, 0) is 18.6 Å². The maximum atomic E-state index is 4.63. The lowest BCUT2D eigenvalue weighted by Crippen LogP contribution is -1.84. The quantitative estimate of drug-likeness (QED) is 0.658. The number of para-hydroxylation sites is 1. The number of aryl methyl sites for hydroxylation is 1. The zero-order valence-corrected chi connectivity index (χ0v) is 12.4. The molecule has 0 aliphatic carbocycles. The lowest BCUT2D eigenvalue weighted by atomic mass is 10.1. The second-order valence-electron chi connectivity index (χ2n) is 3.88. The van der Waals surface area contributed by atoms with E-state index in [0.717, 1.165) is 28.2 Å². The minimum Gasteiger partial charge on any atom is -0.256 e. The molecule has 0 saturated heterocycles. The largest absolute Gasteiger partial charge is 0.256 e. The molecule has 3 rings (SSSR count). The fourth-order valence-corrected chi connectivity index (χ4v) is 2.80. The molecule has 0 saturated carbocycles. The minimum atomic E-state index is 0.981. The van der Waals surface area contributed by atoms with Gasteiger partial charge in [0.05, 0.1) is 11.2 Å². The van der Waals surface area contributed by atoms with E-state index in [1.54, 1.807) is 11.3 Å². The van der Waals surface area contributed by atoms with E-state index in [-0.39, 0.29) is 0 Å². The molecular formula is C16H18N2S. The summed E-state index contributed by atoms with van der Waals surface area (Å²) in [4.78, 5) is 9.09. The SMILES string of the molecule is CC.CCc1csc(-c2cccc3cccnc23)n1. The summed E-state index contributed by atoms with van der Waals surface area (Å²) in [6, 6.07) is 10.3. The minimum absolute atomic E-state index is 0.981. The van der Waals surface area contributed by atoms with Crippen LogP contribution in [0.25, 0.3) is 21.5 Å². The molecule has 0 amide bonds. The van der Waals surface area contributed by atoms with E-state index in [1.165, 1.54) is 5.39 Å². The van der Waals surface area contributed by atoms with Crippen molar-refractivity contribution in [3.8, 4) is 10.6 Å². The lowest BCUT2D eigenvalue weighted by molar-refractivity contribution is 1.07. The summed E-state index contributed by atoms with van der Waals surface area (Å²) in [5.41, 5.74) is 3.32. The number of aromatic nitrogens is 2. The van der Waals surface area contributed by atoms with E-state index in [4.69, 9.17) is 0 Å². The molecular weight excluding hydrogens is 252 g/mol. The van der Waals surface area contributed by atoms with E-state index in [1.807, 2.05) is 26.1 Å². The number of fused-ring (bicyclic) bond motifs is 1. The highest BCUT2D eigenvalue weighted by molar-refractivity contribution is 7.13. The van der Waals surface area contributed by atoms with Gasteiger partial charge < -0.3 is 0 Å². The van der Waals surface area contributed by atoms with Gasteiger partial charge in [-0.3, -0.25) is 4.98 Å². The van der Waals surface area contributed by atoms with Crippen LogP contribution in [0.3, 0.4) is 0 Å². The molecule has 0 N–H and O–H groups in total. The summed E-state index contributed by atoms with van der Waals surface area (Å²) in [6.45, 7) is 6.13. The van der Waals surface area contributed by atoms with Gasteiger partial charge >= 0.3 is 0 Å². The average molecular weight is 270 g/mol. The molecule has 0 atom stereocenters. The third-order valence-electron chi connectivity index (χ3n) is 2.78. The maximum absolute atomic E-state index is 4.63. The number of pyridine rings is 1. The van der Waals surface area contributed by atoms with Crippen molar-refractivity contribution in [3.63, 3.8) is 0 Å². The smallest absolute Gasteiger partial charge is 0.125 e. The number of hydrogen-bond donors (Lipinski definition) is 0. The van der Waals surface area contributed by atoms with E-state index in [2.05, 4.69) is 46.5 Å². The fraction of sp³-hybridized carbons (Fsp3) is 0.250. The number of rotatable bonds is 2. The Morgan fingerprint density at radius 2 is 1.89 bits per heavy atom. The first-order chi connectivity index (χ1) is 9.38. The number of thiazole rings is 1. The molecule has 98 valence electrons. The van der Waals surface area contributed by atoms with Crippen LogP contribution >= 0.6 is 11.3 Å². The molecule has 0 unspecified atom stereocenters. The predicted molar refractivity (Wildman–Crippen MR) is 83.6 cm³/mol. The third-order valence-corrected chi connectivity index (χ3v) is 3.70. The molecule has 0 spiro atoms. The highest BCUT2D eigenvalue weighted by Gasteiger charge is 2.08. The van der Waals surface area contributed by atoms with Crippen molar-refractivity contribution in [2.75, 3.05) is 0 Å². The molecule has 3 heteroatoms. The summed E-state index contributed by atoms with van der Waals surface area (Å²) in [5, 5.41) is 4.35. The van der Waals surface area contributed by atoms with Gasteiger partial charge in [0.2, 0.25) is 0 Å². The molecule has 2 aromatic heterocycles. The molecule has 2 nitrogen and oxygen atoms in total. The zero-order chi connectivity index (χ0) is 13.7. The van der Waals surface area contributed by atoms with Crippen LogP contribution in [-0.2, 0) is 6.42 Å². The number of hydrogen-bond acceptors (Lipinski definition) is 3. The van der Waals surface area contributed by atoms with E-state index < -0.39 is 0 Å². The van der Waals surface area contributed by atoms with Gasteiger partial charge in [-0.2, -0.15) is 0 Å². The van der Waals surface area contributed by atoms with E-state index >= 15 is 0 Å². The Balaban J connectivity index is 0.000000637. The van der Waals surface area contributed by atoms with Gasteiger partial charge in [-0.15, -0.1) is 11.3 Å². The molecule has 0 aliphatic heterocycles. The van der Waals surface area contributed by atoms with Gasteiger partial charge in [0.1, 0.15) is 5.01 Å². The van der Waals surface area contributed by atoms with Crippen LogP contribution in [0, 0.1) is 0 Å². The first-order valence-corrected chi connectivity index (χ1v) is 7.55. The van der Waals surface area contributed by atoms with Crippen LogP contribution < -0.4 is 0 Å². The van der Waals surface area contributed by atoms with Crippen molar-refractivity contribution in [1.29, 1.82) is 0 Å². The Kier molecular flexibility index (Phi) is 4.63. The van der Waals surface area contributed by atoms with Gasteiger partial charge in [0.15, 0.2) is 0 Å². The van der Waals surface area contributed by atoms with Crippen LogP contribution in [0.15, 0.2) is 41.9 Å². The summed E-state index contributed by atoms with van der Waals surface area (Å²) in [6.07, 6.45) is 2.81. The first kappa shape index (κ1) is 13.7. The molecule has 0 bridgehead atoms. The topological polar surface area (TPSA) is 25.8 Å². The molecule has 0 fully saturated rings. The van der Waals surface area contributed by atoms with Crippen molar-refractivity contribution in [2.24, 2.45) is 0 Å². The van der Waals surface area contributed by atoms with Crippen molar-refractivity contribution < 1.29 is 0 Å². The van der Waals surface area contributed by atoms with Gasteiger partial charge in [-0.25, -0.2) is 4.98 Å². The number of nitrogens with zero attached hydrogens (tertiary/aromatic N) is 2. The zero-order valence-electron chi connectivity index (χ0n) is 11.6. The van der Waals surface area contributed by atoms with Crippen LogP contribution in [-0.4, -0.2) is 9.97 Å². The monoisotopic (exact) mass is 270 g/mol. The van der Waals surface area contributed by atoms with E-state index in [0.29, 0.717) is 0 Å². The van der Waals surface area contributed by atoms with Gasteiger partial charge in [-0.1, -0.05) is 39.0 Å². The fourth-order valence-electron chi connectivity index (χ4n) is 1.87. The highest BCUT2D eigenvalue weighted by Crippen LogP contribution is 2.29. The van der Waals surface area contributed by atoms with Crippen molar-refractivity contribution >= 4 is 22.2 Å². The van der Waals surface area contributed by atoms with Crippen molar-refractivity contribution in [1.82, 2.24) is 9.97 Å². The highest BCUT2D eigenvalue weighted by atomic mass is 32.1. The van der Waals surface area contributed by atoms with E-state index in [9.17, 15) is 0 Å². The average Bonchev–Trinajstić information content (AvgIpc) is 2.97. The Morgan fingerprint density at radius 3 is 2.63 bits per heavy atom. The van der Waals surface area contributed by atoms with Crippen LogP contribution in [0.5, 0.6) is 0 Å². The summed E-state index contributed by atoms with van der Waals surface area (Å²) >= 11 is 1.69. The summed E-state index contributed by atoms with van der Waals surface area (Å²) in [7, 11) is 0. The lowest BCUT2D eigenvalue weighted by Gasteiger charge is -2.01. The standard InChI is InChI=1S/C14H12N2S.C2H6/c1-2-11-9-17-14(16-11)12-7-3-5-10-6-4-8-15-13(10)12;1-2/h3-9H,2H2,1H3;1-2H3. The molecule has 2 heterocycles. The molecule has 3 aromatic rings. The van der Waals surface area contributed by atoms with Crippen molar-refractivity contribution in [3.05, 3.63) is 47.6 Å². The Hall–Kier alpha value is -1.74. The Bertz CT molecular complexity index is 653. The Morgan fingerprint density at radius 1 is 1.11 bits per heavy atom. The summed E-state index contributed by atoms with van der Waals surface area (Å²) in [5.74, 6) is 0. The Labute approximate surface area is 118 Å². The first-order valence-electron chi connectivity index (χ1n) is 6.67. The molecule has 0 radical (unpaired) electrons. The molecule has 19 heavy (non-hydrogen) atoms. The molecule has 1 aromatic carbocycles. The maximum Gasteiger partial charge on any atom is 0.125 e. The second kappa shape index (κ2) is 6.43. The van der Waals surface area contributed by atoms with Gasteiger partial charge in [0.25, 0.3) is 0 Å². The van der Waals surface area contributed by atoms with Crippen LogP contribution in [0.2, 0.25) is 0 Å². The molecule has 0 aliphatic rings. The predicted octanol–water partition coefficient (Wildman–Crippen LogP) is 4.95. The normalized spacial score (nSPS) is 10.1. The van der Waals surface area contributed by atoms with Gasteiger partial charge in [0, 0.05) is 22.5 Å². The van der Waals surface area contributed by atoms with Crippen molar-refractivity contribution in [2.45, 2.75) is 27.2 Å². The van der Waals surface area contributed by atoms with Crippen LogP contribution in [0.4, 0.5) is 0 Å².